The normalized spacial score (nSPS) is 13.2. The number of para-hydroxylation sites is 2. The molecule has 0 aliphatic rings. The number of likely N-dealkylation sites (N-methyl/N-ethyl adjacent to an activating group) is 1. The molecule has 1 N–H and O–H groups in total. The quantitative estimate of drug-likeness (QED) is 0.758. The SMILES string of the molecule is CCCn1c(CC(NC)C(OC)OC)nc2ccccc21. The maximum Gasteiger partial charge on any atom is 0.172 e. The van der Waals surface area contributed by atoms with Crippen LogP contribution in [0.15, 0.2) is 24.3 Å². The Labute approximate surface area is 126 Å². The summed E-state index contributed by atoms with van der Waals surface area (Å²) in [7, 11) is 5.24. The van der Waals surface area contributed by atoms with Gasteiger partial charge in [-0.3, -0.25) is 0 Å². The van der Waals surface area contributed by atoms with Gasteiger partial charge < -0.3 is 19.4 Å². The van der Waals surface area contributed by atoms with E-state index in [2.05, 4.69) is 35.0 Å². The van der Waals surface area contributed by atoms with Gasteiger partial charge in [-0.1, -0.05) is 19.1 Å². The molecular weight excluding hydrogens is 266 g/mol. The summed E-state index contributed by atoms with van der Waals surface area (Å²) in [5, 5.41) is 3.26. The van der Waals surface area contributed by atoms with Crippen LogP contribution < -0.4 is 5.32 Å². The first-order valence-electron chi connectivity index (χ1n) is 7.42. The molecule has 2 aromatic rings. The lowest BCUT2D eigenvalue weighted by Gasteiger charge is -2.24. The number of aromatic nitrogens is 2. The highest BCUT2D eigenvalue weighted by Gasteiger charge is 2.22. The van der Waals surface area contributed by atoms with Crippen LogP contribution in [-0.4, -0.2) is 43.2 Å². The fourth-order valence-corrected chi connectivity index (χ4v) is 2.71. The largest absolute Gasteiger partial charge is 0.354 e. The van der Waals surface area contributed by atoms with Crippen LogP contribution in [0.4, 0.5) is 0 Å². The average molecular weight is 291 g/mol. The lowest BCUT2D eigenvalue weighted by atomic mass is 10.2. The van der Waals surface area contributed by atoms with Crippen LogP contribution in [0, 0.1) is 0 Å². The van der Waals surface area contributed by atoms with Crippen molar-refractivity contribution >= 4 is 11.0 Å². The van der Waals surface area contributed by atoms with Gasteiger partial charge in [0.05, 0.1) is 17.1 Å². The minimum Gasteiger partial charge on any atom is -0.354 e. The minimum atomic E-state index is -0.287. The molecule has 0 amide bonds. The molecular formula is C16H25N3O2. The number of rotatable bonds is 8. The van der Waals surface area contributed by atoms with Crippen LogP contribution in [0.2, 0.25) is 0 Å². The van der Waals surface area contributed by atoms with Gasteiger partial charge in [-0.2, -0.15) is 0 Å². The van der Waals surface area contributed by atoms with E-state index in [1.165, 1.54) is 5.52 Å². The number of methoxy groups -OCH3 is 2. The number of nitrogens with one attached hydrogen (secondary N) is 1. The average Bonchev–Trinajstić information content (AvgIpc) is 2.85. The van der Waals surface area contributed by atoms with Crippen LogP contribution in [0.3, 0.4) is 0 Å². The molecule has 116 valence electrons. The van der Waals surface area contributed by atoms with Crippen LogP contribution >= 0.6 is 0 Å². The highest BCUT2D eigenvalue weighted by Crippen LogP contribution is 2.18. The number of ether oxygens (including phenoxy) is 2. The molecule has 0 spiro atoms. The Morgan fingerprint density at radius 2 is 1.95 bits per heavy atom. The van der Waals surface area contributed by atoms with Crippen molar-refractivity contribution in [1.82, 2.24) is 14.9 Å². The molecule has 5 heteroatoms. The molecule has 1 aromatic heterocycles. The van der Waals surface area contributed by atoms with Crippen LogP contribution in [0.1, 0.15) is 19.2 Å². The summed E-state index contributed by atoms with van der Waals surface area (Å²) in [5.41, 5.74) is 2.23. The van der Waals surface area contributed by atoms with E-state index in [9.17, 15) is 0 Å². The molecule has 0 radical (unpaired) electrons. The zero-order valence-corrected chi connectivity index (χ0v) is 13.3. The number of fused-ring (bicyclic) bond motifs is 1. The second-order valence-corrected chi connectivity index (χ2v) is 5.11. The molecule has 1 unspecified atom stereocenters. The van der Waals surface area contributed by atoms with Gasteiger partial charge >= 0.3 is 0 Å². The third-order valence-corrected chi connectivity index (χ3v) is 3.75. The molecule has 1 aromatic carbocycles. The standard InChI is InChI=1S/C16H25N3O2/c1-5-10-19-14-9-7-6-8-12(14)18-15(19)11-13(17-2)16(20-3)21-4/h6-9,13,16-17H,5,10-11H2,1-4H3. The minimum absolute atomic E-state index is 0.0624. The first-order chi connectivity index (χ1) is 10.2. The Balaban J connectivity index is 2.33. The van der Waals surface area contributed by atoms with E-state index < -0.39 is 0 Å². The third-order valence-electron chi connectivity index (χ3n) is 3.75. The Morgan fingerprint density at radius 1 is 1.24 bits per heavy atom. The molecule has 0 aliphatic carbocycles. The van der Waals surface area contributed by atoms with Gasteiger partial charge in [-0.25, -0.2) is 4.98 Å². The molecule has 2 rings (SSSR count). The highest BCUT2D eigenvalue weighted by molar-refractivity contribution is 5.75. The fraction of sp³-hybridized carbons (Fsp3) is 0.562. The van der Waals surface area contributed by atoms with Gasteiger partial charge in [0, 0.05) is 27.2 Å². The van der Waals surface area contributed by atoms with Gasteiger partial charge in [0.1, 0.15) is 5.82 Å². The lowest BCUT2D eigenvalue weighted by molar-refractivity contribution is -0.121. The molecule has 0 saturated carbocycles. The molecule has 5 nitrogen and oxygen atoms in total. The van der Waals surface area contributed by atoms with Crippen molar-refractivity contribution in [2.45, 2.75) is 38.6 Å². The number of benzene rings is 1. The van der Waals surface area contributed by atoms with E-state index in [1.54, 1.807) is 14.2 Å². The van der Waals surface area contributed by atoms with E-state index in [4.69, 9.17) is 14.5 Å². The van der Waals surface area contributed by atoms with Crippen molar-refractivity contribution in [3.8, 4) is 0 Å². The first-order valence-corrected chi connectivity index (χ1v) is 7.42. The van der Waals surface area contributed by atoms with Crippen molar-refractivity contribution in [2.75, 3.05) is 21.3 Å². The van der Waals surface area contributed by atoms with Crippen molar-refractivity contribution < 1.29 is 9.47 Å². The summed E-state index contributed by atoms with van der Waals surface area (Å²) in [6, 6.07) is 8.33. The van der Waals surface area contributed by atoms with Crippen molar-refractivity contribution in [2.24, 2.45) is 0 Å². The zero-order valence-electron chi connectivity index (χ0n) is 13.3. The number of imidazole rings is 1. The molecule has 1 atom stereocenters. The van der Waals surface area contributed by atoms with Gasteiger partial charge in [0.15, 0.2) is 6.29 Å². The summed E-state index contributed by atoms with van der Waals surface area (Å²) >= 11 is 0. The smallest absolute Gasteiger partial charge is 0.172 e. The maximum absolute atomic E-state index is 5.38. The van der Waals surface area contributed by atoms with Crippen molar-refractivity contribution in [3.05, 3.63) is 30.1 Å². The van der Waals surface area contributed by atoms with Crippen LogP contribution in [-0.2, 0) is 22.4 Å². The number of hydrogen-bond acceptors (Lipinski definition) is 4. The van der Waals surface area contributed by atoms with E-state index in [1.807, 2.05) is 13.1 Å². The van der Waals surface area contributed by atoms with E-state index in [0.717, 1.165) is 30.7 Å². The van der Waals surface area contributed by atoms with E-state index in [-0.39, 0.29) is 12.3 Å². The predicted octanol–water partition coefficient (Wildman–Crippen LogP) is 2.20. The first kappa shape index (κ1) is 15.9. The molecule has 0 bridgehead atoms. The fourth-order valence-electron chi connectivity index (χ4n) is 2.71. The molecule has 0 aliphatic heterocycles. The molecule has 0 fully saturated rings. The Kier molecular flexibility index (Phi) is 5.73. The van der Waals surface area contributed by atoms with Crippen LogP contribution in [0.25, 0.3) is 11.0 Å². The predicted molar refractivity (Wildman–Crippen MR) is 84.4 cm³/mol. The second kappa shape index (κ2) is 7.54. The topological polar surface area (TPSA) is 48.3 Å². The van der Waals surface area contributed by atoms with Crippen molar-refractivity contribution in [1.29, 1.82) is 0 Å². The van der Waals surface area contributed by atoms with E-state index >= 15 is 0 Å². The zero-order chi connectivity index (χ0) is 15.2. The Bertz CT molecular complexity index is 564. The Morgan fingerprint density at radius 3 is 2.57 bits per heavy atom. The van der Waals surface area contributed by atoms with Gasteiger partial charge in [0.2, 0.25) is 0 Å². The molecule has 1 heterocycles. The number of nitrogens with zero attached hydrogens (tertiary/aromatic N) is 2. The van der Waals surface area contributed by atoms with Crippen molar-refractivity contribution in [3.63, 3.8) is 0 Å². The summed E-state index contributed by atoms with van der Waals surface area (Å²) in [6.07, 6.45) is 1.55. The van der Waals surface area contributed by atoms with E-state index in [0.29, 0.717) is 0 Å². The maximum atomic E-state index is 5.38. The molecule has 21 heavy (non-hydrogen) atoms. The van der Waals surface area contributed by atoms with Crippen LogP contribution in [0.5, 0.6) is 0 Å². The van der Waals surface area contributed by atoms with Gasteiger partial charge in [0.25, 0.3) is 0 Å². The van der Waals surface area contributed by atoms with Gasteiger partial charge in [-0.05, 0) is 25.6 Å². The highest BCUT2D eigenvalue weighted by atomic mass is 16.7. The lowest BCUT2D eigenvalue weighted by Crippen LogP contribution is -2.42. The number of aryl methyl sites for hydroxylation is 1. The Hall–Kier alpha value is -1.43. The number of hydrogen-bond donors (Lipinski definition) is 1. The summed E-state index contributed by atoms with van der Waals surface area (Å²) in [4.78, 5) is 4.78. The molecule has 0 saturated heterocycles. The second-order valence-electron chi connectivity index (χ2n) is 5.11. The monoisotopic (exact) mass is 291 g/mol. The summed E-state index contributed by atoms with van der Waals surface area (Å²) < 4.78 is 13.0. The van der Waals surface area contributed by atoms with Gasteiger partial charge in [-0.15, -0.1) is 0 Å². The third kappa shape index (κ3) is 3.43. The summed E-state index contributed by atoms with van der Waals surface area (Å²) in [6.45, 7) is 3.15. The summed E-state index contributed by atoms with van der Waals surface area (Å²) in [5.74, 6) is 1.07.